The van der Waals surface area contributed by atoms with E-state index in [2.05, 4.69) is 34.1 Å². The van der Waals surface area contributed by atoms with Crippen molar-refractivity contribution in [2.45, 2.75) is 31.7 Å². The number of rotatable bonds is 7. The van der Waals surface area contributed by atoms with Crippen molar-refractivity contribution < 1.29 is 4.79 Å². The summed E-state index contributed by atoms with van der Waals surface area (Å²) < 4.78 is 0. The number of fused-ring (bicyclic) bond motifs is 1. The van der Waals surface area contributed by atoms with Gasteiger partial charge in [-0.3, -0.25) is 9.78 Å². The second-order valence-corrected chi connectivity index (χ2v) is 7.08. The van der Waals surface area contributed by atoms with Gasteiger partial charge in [-0.05, 0) is 56.1 Å². The van der Waals surface area contributed by atoms with Crippen molar-refractivity contribution >= 4 is 5.91 Å². The molecule has 0 N–H and O–H groups in total. The van der Waals surface area contributed by atoms with E-state index in [1.807, 2.05) is 37.2 Å². The average Bonchev–Trinajstić information content (AvgIpc) is 3.02. The van der Waals surface area contributed by atoms with E-state index in [1.165, 1.54) is 11.1 Å². The average molecular weight is 337 g/mol. The smallest absolute Gasteiger partial charge is 0.223 e. The normalized spacial score (nSPS) is 16.0. The third-order valence-electron chi connectivity index (χ3n) is 4.93. The molecule has 4 heteroatoms. The fraction of sp³-hybridized carbons (Fsp3) is 0.429. The molecule has 0 aliphatic heterocycles. The van der Waals surface area contributed by atoms with Gasteiger partial charge in [0.1, 0.15) is 0 Å². The minimum absolute atomic E-state index is 0.231. The molecule has 0 saturated heterocycles. The van der Waals surface area contributed by atoms with Gasteiger partial charge in [-0.2, -0.15) is 0 Å². The van der Waals surface area contributed by atoms with Crippen molar-refractivity contribution in [2.75, 3.05) is 27.2 Å². The van der Waals surface area contributed by atoms with Crippen LogP contribution in [-0.4, -0.2) is 47.9 Å². The van der Waals surface area contributed by atoms with Gasteiger partial charge in [-0.25, -0.2) is 0 Å². The molecule has 2 aromatic rings. The SMILES string of the molecule is CN(C)CCN(Cc1ccccn1)C(=O)C[C@@H]1CCc2ccccc21. The topological polar surface area (TPSA) is 36.4 Å². The van der Waals surface area contributed by atoms with Crippen LogP contribution in [0.15, 0.2) is 48.7 Å². The van der Waals surface area contributed by atoms with Gasteiger partial charge in [-0.15, -0.1) is 0 Å². The number of amides is 1. The highest BCUT2D eigenvalue weighted by molar-refractivity contribution is 5.77. The number of benzene rings is 1. The van der Waals surface area contributed by atoms with Crippen LogP contribution in [0.5, 0.6) is 0 Å². The Labute approximate surface area is 150 Å². The zero-order valence-electron chi connectivity index (χ0n) is 15.2. The predicted molar refractivity (Wildman–Crippen MR) is 100 cm³/mol. The van der Waals surface area contributed by atoms with E-state index in [0.29, 0.717) is 18.9 Å². The summed E-state index contributed by atoms with van der Waals surface area (Å²) in [6, 6.07) is 14.4. The molecule has 3 rings (SSSR count). The van der Waals surface area contributed by atoms with Gasteiger partial charge in [0, 0.05) is 25.7 Å². The van der Waals surface area contributed by atoms with Crippen LogP contribution in [0.4, 0.5) is 0 Å². The van der Waals surface area contributed by atoms with E-state index in [0.717, 1.165) is 31.6 Å². The van der Waals surface area contributed by atoms with Crippen molar-refractivity contribution in [2.24, 2.45) is 0 Å². The van der Waals surface area contributed by atoms with Gasteiger partial charge >= 0.3 is 0 Å². The molecule has 1 aromatic heterocycles. The van der Waals surface area contributed by atoms with E-state index in [-0.39, 0.29) is 5.91 Å². The fourth-order valence-corrected chi connectivity index (χ4v) is 3.50. The molecule has 0 unspecified atom stereocenters. The lowest BCUT2D eigenvalue weighted by molar-refractivity contribution is -0.132. The molecule has 1 aliphatic carbocycles. The molecule has 1 aromatic carbocycles. The summed E-state index contributed by atoms with van der Waals surface area (Å²) in [5.74, 6) is 0.587. The molecule has 132 valence electrons. The molecule has 4 nitrogen and oxygen atoms in total. The summed E-state index contributed by atoms with van der Waals surface area (Å²) in [7, 11) is 4.08. The molecule has 0 saturated carbocycles. The first-order chi connectivity index (χ1) is 12.1. The van der Waals surface area contributed by atoms with Crippen LogP contribution >= 0.6 is 0 Å². The van der Waals surface area contributed by atoms with E-state index < -0.39 is 0 Å². The molecule has 1 amide bonds. The Hall–Kier alpha value is -2.20. The number of aryl methyl sites for hydroxylation is 1. The summed E-state index contributed by atoms with van der Waals surface area (Å²) in [4.78, 5) is 21.5. The van der Waals surface area contributed by atoms with Crippen LogP contribution < -0.4 is 0 Å². The number of carbonyl (C=O) groups excluding carboxylic acids is 1. The largest absolute Gasteiger partial charge is 0.335 e. The predicted octanol–water partition coefficient (Wildman–Crippen LogP) is 3.09. The minimum Gasteiger partial charge on any atom is -0.335 e. The Bertz CT molecular complexity index is 699. The van der Waals surface area contributed by atoms with Crippen molar-refractivity contribution in [1.82, 2.24) is 14.8 Å². The highest BCUT2D eigenvalue weighted by Gasteiger charge is 2.26. The Morgan fingerprint density at radius 1 is 1.12 bits per heavy atom. The fourth-order valence-electron chi connectivity index (χ4n) is 3.50. The lowest BCUT2D eigenvalue weighted by atomic mass is 9.97. The van der Waals surface area contributed by atoms with Crippen molar-refractivity contribution in [3.63, 3.8) is 0 Å². The van der Waals surface area contributed by atoms with Crippen molar-refractivity contribution in [1.29, 1.82) is 0 Å². The molecule has 1 atom stereocenters. The van der Waals surface area contributed by atoms with Gasteiger partial charge in [0.15, 0.2) is 0 Å². The minimum atomic E-state index is 0.231. The van der Waals surface area contributed by atoms with Crippen molar-refractivity contribution in [3.8, 4) is 0 Å². The molecule has 0 radical (unpaired) electrons. The molecular weight excluding hydrogens is 310 g/mol. The van der Waals surface area contributed by atoms with Crippen molar-refractivity contribution in [3.05, 3.63) is 65.5 Å². The highest BCUT2D eigenvalue weighted by atomic mass is 16.2. The summed E-state index contributed by atoms with van der Waals surface area (Å²) in [6.45, 7) is 2.18. The van der Waals surface area contributed by atoms with Crippen LogP contribution in [-0.2, 0) is 17.8 Å². The third-order valence-corrected chi connectivity index (χ3v) is 4.93. The maximum atomic E-state index is 13.0. The number of likely N-dealkylation sites (N-methyl/N-ethyl adjacent to an activating group) is 1. The molecule has 1 aliphatic rings. The van der Waals surface area contributed by atoms with Gasteiger partial charge in [0.2, 0.25) is 5.91 Å². The summed E-state index contributed by atoms with van der Waals surface area (Å²) >= 11 is 0. The molecule has 0 fully saturated rings. The maximum Gasteiger partial charge on any atom is 0.223 e. The number of nitrogens with zero attached hydrogens (tertiary/aromatic N) is 3. The highest BCUT2D eigenvalue weighted by Crippen LogP contribution is 2.35. The number of carbonyl (C=O) groups is 1. The zero-order chi connectivity index (χ0) is 17.6. The van der Waals surface area contributed by atoms with Gasteiger partial charge < -0.3 is 9.80 Å². The van der Waals surface area contributed by atoms with Crippen LogP contribution in [0, 0.1) is 0 Å². The second kappa shape index (κ2) is 8.26. The van der Waals surface area contributed by atoms with E-state index in [4.69, 9.17) is 0 Å². The standard InChI is InChI=1S/C21H27N3O/c1-23(2)13-14-24(16-19-8-5-6-12-22-19)21(25)15-18-11-10-17-7-3-4-9-20(17)18/h3-9,12,18H,10-11,13-16H2,1-2H3/t18-/m0/s1. The molecule has 1 heterocycles. The van der Waals surface area contributed by atoms with E-state index in [9.17, 15) is 4.79 Å². The summed E-state index contributed by atoms with van der Waals surface area (Å²) in [6.07, 6.45) is 4.55. The maximum absolute atomic E-state index is 13.0. The number of pyridine rings is 1. The lowest BCUT2D eigenvalue weighted by Gasteiger charge is -2.25. The lowest BCUT2D eigenvalue weighted by Crippen LogP contribution is -2.37. The van der Waals surface area contributed by atoms with E-state index >= 15 is 0 Å². The zero-order valence-corrected chi connectivity index (χ0v) is 15.2. The first-order valence-electron chi connectivity index (χ1n) is 9.03. The van der Waals surface area contributed by atoms with Crippen LogP contribution in [0.2, 0.25) is 0 Å². The third kappa shape index (κ3) is 4.67. The molecule has 25 heavy (non-hydrogen) atoms. The Kier molecular flexibility index (Phi) is 5.82. The van der Waals surface area contributed by atoms with E-state index in [1.54, 1.807) is 6.20 Å². The number of aromatic nitrogens is 1. The number of hydrogen-bond donors (Lipinski definition) is 0. The molecule has 0 bridgehead atoms. The number of hydrogen-bond acceptors (Lipinski definition) is 3. The first-order valence-corrected chi connectivity index (χ1v) is 9.03. The van der Waals surface area contributed by atoms with Gasteiger partial charge in [0.25, 0.3) is 0 Å². The summed E-state index contributed by atoms with van der Waals surface area (Å²) in [5, 5.41) is 0. The quantitative estimate of drug-likeness (QED) is 0.779. The molecular formula is C21H27N3O. The van der Waals surface area contributed by atoms with Crippen LogP contribution in [0.3, 0.4) is 0 Å². The Morgan fingerprint density at radius 2 is 1.92 bits per heavy atom. The second-order valence-electron chi connectivity index (χ2n) is 7.08. The van der Waals surface area contributed by atoms with Crippen LogP contribution in [0.1, 0.15) is 35.6 Å². The Morgan fingerprint density at radius 3 is 2.68 bits per heavy atom. The van der Waals surface area contributed by atoms with Crippen LogP contribution in [0.25, 0.3) is 0 Å². The monoisotopic (exact) mass is 337 g/mol. The first kappa shape index (κ1) is 17.6. The molecule has 0 spiro atoms. The summed E-state index contributed by atoms with van der Waals surface area (Å²) in [5.41, 5.74) is 3.72. The Balaban J connectivity index is 1.68. The van der Waals surface area contributed by atoms with Gasteiger partial charge in [0.05, 0.1) is 12.2 Å². The van der Waals surface area contributed by atoms with Gasteiger partial charge in [-0.1, -0.05) is 30.3 Å².